The Morgan fingerprint density at radius 3 is 2.55 bits per heavy atom. The summed E-state index contributed by atoms with van der Waals surface area (Å²) in [6, 6.07) is 7.66. The number of nitrogens with zero attached hydrogens (tertiary/aromatic N) is 3. The maximum atomic E-state index is 13.0. The number of benzene rings is 1. The van der Waals surface area contributed by atoms with E-state index >= 15 is 0 Å². The monoisotopic (exact) mass is 461 g/mol. The number of ether oxygens (including phenoxy) is 1. The van der Waals surface area contributed by atoms with E-state index in [9.17, 15) is 13.2 Å². The average Bonchev–Trinajstić information content (AvgIpc) is 3.43. The van der Waals surface area contributed by atoms with Crippen LogP contribution in [0.3, 0.4) is 0 Å². The Labute approximate surface area is 184 Å². The molecule has 4 rings (SSSR count). The third-order valence-corrected chi connectivity index (χ3v) is 7.67. The zero-order valence-electron chi connectivity index (χ0n) is 17.2. The van der Waals surface area contributed by atoms with Crippen LogP contribution in [-0.2, 0) is 21.4 Å². The molecule has 0 radical (unpaired) electrons. The van der Waals surface area contributed by atoms with Crippen molar-refractivity contribution in [2.24, 2.45) is 11.8 Å². The van der Waals surface area contributed by atoms with Gasteiger partial charge in [-0.1, -0.05) is 19.0 Å². The fourth-order valence-electron chi connectivity index (χ4n) is 3.75. The van der Waals surface area contributed by atoms with E-state index in [2.05, 4.69) is 24.0 Å². The van der Waals surface area contributed by atoms with Gasteiger partial charge in [0.2, 0.25) is 15.8 Å². The summed E-state index contributed by atoms with van der Waals surface area (Å²) in [7, 11) is -3.60. The van der Waals surface area contributed by atoms with E-state index in [0.717, 1.165) is 12.0 Å². The van der Waals surface area contributed by atoms with Crippen molar-refractivity contribution in [3.63, 3.8) is 0 Å². The summed E-state index contributed by atoms with van der Waals surface area (Å²) in [4.78, 5) is 16.7. The van der Waals surface area contributed by atoms with Gasteiger partial charge in [-0.15, -0.1) is 0 Å². The van der Waals surface area contributed by atoms with Gasteiger partial charge in [0.15, 0.2) is 6.61 Å². The molecule has 2 unspecified atom stereocenters. The lowest BCUT2D eigenvalue weighted by atomic mass is 9.94. The van der Waals surface area contributed by atoms with Crippen LogP contribution in [0.15, 0.2) is 50.5 Å². The number of hydrogen-bond acceptors (Lipinski definition) is 8. The van der Waals surface area contributed by atoms with Crippen LogP contribution in [0.4, 0.5) is 0 Å². The number of hydrogen-bond donors (Lipinski definition) is 0. The first-order valence-corrected chi connectivity index (χ1v) is 12.3. The second kappa shape index (κ2) is 8.89. The highest BCUT2D eigenvalue weighted by molar-refractivity contribution is 7.89. The molecule has 31 heavy (non-hydrogen) atoms. The Morgan fingerprint density at radius 2 is 1.90 bits per heavy atom. The van der Waals surface area contributed by atoms with E-state index in [4.69, 9.17) is 9.26 Å². The maximum Gasteiger partial charge on any atom is 0.338 e. The number of rotatable bonds is 6. The first-order chi connectivity index (χ1) is 14.8. The molecule has 1 saturated heterocycles. The summed E-state index contributed by atoms with van der Waals surface area (Å²) in [5.41, 5.74) is 1.08. The lowest BCUT2D eigenvalue weighted by Gasteiger charge is -2.34. The SMILES string of the molecule is CC1CC(C)CN(S(=O)(=O)c2ccc(C(=O)OCc3nc(-c4ccsc4)no3)cc2)C1. The topological polar surface area (TPSA) is 103 Å². The Bertz CT molecular complexity index is 1130. The van der Waals surface area contributed by atoms with Gasteiger partial charge < -0.3 is 9.26 Å². The number of piperidine rings is 1. The number of carbonyl (C=O) groups is 1. The number of thiophene rings is 1. The minimum Gasteiger partial charge on any atom is -0.452 e. The lowest BCUT2D eigenvalue weighted by Crippen LogP contribution is -2.42. The van der Waals surface area contributed by atoms with Gasteiger partial charge >= 0.3 is 5.97 Å². The van der Waals surface area contributed by atoms with Gasteiger partial charge in [-0.25, -0.2) is 13.2 Å². The second-order valence-electron chi connectivity index (χ2n) is 7.89. The summed E-state index contributed by atoms with van der Waals surface area (Å²) in [5.74, 6) is 0.653. The molecule has 0 amide bonds. The van der Waals surface area contributed by atoms with Crippen LogP contribution in [0, 0.1) is 11.8 Å². The molecule has 2 atom stereocenters. The fraction of sp³-hybridized carbons (Fsp3) is 0.381. The van der Waals surface area contributed by atoms with Crippen LogP contribution in [-0.4, -0.2) is 41.9 Å². The molecule has 1 aliphatic heterocycles. The maximum absolute atomic E-state index is 13.0. The zero-order chi connectivity index (χ0) is 22.0. The van der Waals surface area contributed by atoms with Crippen LogP contribution in [0.1, 0.15) is 36.5 Å². The molecule has 1 fully saturated rings. The molecule has 3 heterocycles. The molecule has 1 aromatic carbocycles. The molecular weight excluding hydrogens is 438 g/mol. The Kier molecular flexibility index (Phi) is 6.22. The van der Waals surface area contributed by atoms with E-state index in [1.54, 1.807) is 0 Å². The Morgan fingerprint density at radius 1 is 1.19 bits per heavy atom. The molecule has 0 bridgehead atoms. The first-order valence-electron chi connectivity index (χ1n) is 9.95. The Balaban J connectivity index is 1.39. The normalized spacial score (nSPS) is 19.9. The minimum atomic E-state index is -3.60. The van der Waals surface area contributed by atoms with Gasteiger partial charge in [0, 0.05) is 24.0 Å². The van der Waals surface area contributed by atoms with Crippen LogP contribution in [0.25, 0.3) is 11.4 Å². The van der Waals surface area contributed by atoms with Crippen molar-refractivity contribution in [3.8, 4) is 11.4 Å². The predicted octanol–water partition coefficient (Wildman–Crippen LogP) is 3.82. The average molecular weight is 462 g/mol. The molecule has 2 aromatic heterocycles. The number of aromatic nitrogens is 2. The third kappa shape index (κ3) is 4.86. The molecule has 164 valence electrons. The zero-order valence-corrected chi connectivity index (χ0v) is 18.9. The molecular formula is C21H23N3O5S2. The van der Waals surface area contributed by atoms with Crippen molar-refractivity contribution in [1.82, 2.24) is 14.4 Å². The van der Waals surface area contributed by atoms with Crippen molar-refractivity contribution in [3.05, 3.63) is 52.5 Å². The van der Waals surface area contributed by atoms with Gasteiger partial charge in [0.05, 0.1) is 10.5 Å². The second-order valence-corrected chi connectivity index (χ2v) is 10.6. The van der Waals surface area contributed by atoms with Crippen molar-refractivity contribution in [2.75, 3.05) is 13.1 Å². The van der Waals surface area contributed by atoms with Crippen molar-refractivity contribution in [1.29, 1.82) is 0 Å². The number of sulfonamides is 1. The molecule has 0 aliphatic carbocycles. The van der Waals surface area contributed by atoms with Crippen LogP contribution >= 0.6 is 11.3 Å². The van der Waals surface area contributed by atoms with Crippen molar-refractivity contribution in [2.45, 2.75) is 31.8 Å². The van der Waals surface area contributed by atoms with Crippen molar-refractivity contribution >= 4 is 27.3 Å². The van der Waals surface area contributed by atoms with Crippen LogP contribution in [0.5, 0.6) is 0 Å². The summed E-state index contributed by atoms with van der Waals surface area (Å²) < 4.78 is 37.8. The molecule has 0 N–H and O–H groups in total. The van der Waals surface area contributed by atoms with Gasteiger partial charge in [0.25, 0.3) is 5.89 Å². The molecule has 0 spiro atoms. The molecule has 1 aliphatic rings. The third-order valence-electron chi connectivity index (χ3n) is 5.14. The van der Waals surface area contributed by atoms with Gasteiger partial charge in [-0.3, -0.25) is 0 Å². The van der Waals surface area contributed by atoms with E-state index in [1.807, 2.05) is 16.8 Å². The molecule has 3 aromatic rings. The number of carbonyl (C=O) groups excluding carboxylic acids is 1. The van der Waals surface area contributed by atoms with Crippen molar-refractivity contribution < 1.29 is 22.5 Å². The highest BCUT2D eigenvalue weighted by atomic mass is 32.2. The molecule has 0 saturated carbocycles. The summed E-state index contributed by atoms with van der Waals surface area (Å²) in [5, 5.41) is 7.66. The minimum absolute atomic E-state index is 0.167. The van der Waals surface area contributed by atoms with Gasteiger partial charge in [-0.05, 0) is 54.0 Å². The van der Waals surface area contributed by atoms with E-state index in [-0.39, 0.29) is 23.0 Å². The van der Waals surface area contributed by atoms with Crippen LogP contribution < -0.4 is 0 Å². The quantitative estimate of drug-likeness (QED) is 0.514. The van der Waals surface area contributed by atoms with Gasteiger partial charge in [0.1, 0.15) is 0 Å². The Hall–Kier alpha value is -2.56. The highest BCUT2D eigenvalue weighted by Crippen LogP contribution is 2.27. The van der Waals surface area contributed by atoms with Crippen LogP contribution in [0.2, 0.25) is 0 Å². The highest BCUT2D eigenvalue weighted by Gasteiger charge is 2.31. The standard InChI is InChI=1S/C21H23N3O5S2/c1-14-9-15(2)11-24(10-14)31(26,27)18-5-3-16(4-6-18)21(25)28-12-19-22-20(23-29-19)17-7-8-30-13-17/h3-8,13-15H,9-12H2,1-2H3. The summed E-state index contributed by atoms with van der Waals surface area (Å²) >= 11 is 1.52. The largest absolute Gasteiger partial charge is 0.452 e. The lowest BCUT2D eigenvalue weighted by molar-refractivity contribution is 0.0429. The van der Waals surface area contributed by atoms with Gasteiger partial charge in [-0.2, -0.15) is 20.6 Å². The smallest absolute Gasteiger partial charge is 0.338 e. The summed E-state index contributed by atoms with van der Waals surface area (Å²) in [6.07, 6.45) is 1.02. The predicted molar refractivity (Wildman–Crippen MR) is 115 cm³/mol. The van der Waals surface area contributed by atoms with E-state index < -0.39 is 16.0 Å². The number of esters is 1. The molecule has 8 nitrogen and oxygen atoms in total. The first kappa shape index (κ1) is 21.7. The van der Waals surface area contributed by atoms with E-state index in [1.165, 1.54) is 39.9 Å². The van der Waals surface area contributed by atoms with E-state index in [0.29, 0.717) is 30.7 Å². The fourth-order valence-corrected chi connectivity index (χ4v) is 6.06. The molecule has 10 heteroatoms. The summed E-state index contributed by atoms with van der Waals surface area (Å²) in [6.45, 7) is 4.97.